The monoisotopic (exact) mass is 254 g/mol. The maximum atomic E-state index is 11.7. The first kappa shape index (κ1) is 11.9. The van der Waals surface area contributed by atoms with E-state index in [9.17, 15) is 13.2 Å². The van der Waals surface area contributed by atoms with Gasteiger partial charge < -0.3 is 9.97 Å². The van der Waals surface area contributed by atoms with Crippen molar-refractivity contribution in [1.82, 2.24) is 9.97 Å². The standard InChI is InChI=1S/C11H14N2O3S/c1-2-6-17(15,16)7-8-4-3-5-9-10(8)13-11(14)12-9/h3-5H,2,6-7H2,1H3,(H2,12,13,14). The van der Waals surface area contributed by atoms with Crippen molar-refractivity contribution in [2.75, 3.05) is 5.75 Å². The lowest BCUT2D eigenvalue weighted by atomic mass is 10.2. The zero-order valence-corrected chi connectivity index (χ0v) is 10.3. The van der Waals surface area contributed by atoms with Gasteiger partial charge in [0.25, 0.3) is 0 Å². The van der Waals surface area contributed by atoms with Gasteiger partial charge in [0.1, 0.15) is 0 Å². The van der Waals surface area contributed by atoms with Gasteiger partial charge in [0.15, 0.2) is 9.84 Å². The molecule has 5 nitrogen and oxygen atoms in total. The molecule has 17 heavy (non-hydrogen) atoms. The topological polar surface area (TPSA) is 82.8 Å². The van der Waals surface area contributed by atoms with Crippen LogP contribution in [0.3, 0.4) is 0 Å². The Labute approximate surface area is 98.8 Å². The Morgan fingerprint density at radius 3 is 2.71 bits per heavy atom. The normalized spacial score (nSPS) is 12.1. The molecule has 0 saturated heterocycles. The minimum absolute atomic E-state index is 0.0357. The lowest BCUT2D eigenvalue weighted by Gasteiger charge is -2.03. The fourth-order valence-corrected chi connectivity index (χ4v) is 3.34. The Morgan fingerprint density at radius 1 is 1.24 bits per heavy atom. The van der Waals surface area contributed by atoms with E-state index in [-0.39, 0.29) is 17.2 Å². The van der Waals surface area contributed by atoms with Crippen LogP contribution in [0, 0.1) is 0 Å². The molecule has 0 aliphatic rings. The van der Waals surface area contributed by atoms with E-state index in [2.05, 4.69) is 9.97 Å². The van der Waals surface area contributed by atoms with Crippen LogP contribution in [-0.2, 0) is 15.6 Å². The Bertz CT molecular complexity index is 682. The quantitative estimate of drug-likeness (QED) is 0.859. The molecule has 0 atom stereocenters. The molecule has 2 N–H and O–H groups in total. The summed E-state index contributed by atoms with van der Waals surface area (Å²) in [6.45, 7) is 1.83. The van der Waals surface area contributed by atoms with E-state index in [1.807, 2.05) is 6.92 Å². The highest BCUT2D eigenvalue weighted by Crippen LogP contribution is 2.16. The first-order chi connectivity index (χ1) is 8.02. The van der Waals surface area contributed by atoms with Crippen LogP contribution in [0.2, 0.25) is 0 Å². The Balaban J connectivity index is 2.46. The third-order valence-electron chi connectivity index (χ3n) is 2.53. The molecule has 2 rings (SSSR count). The summed E-state index contributed by atoms with van der Waals surface area (Å²) in [6, 6.07) is 5.20. The molecule has 6 heteroatoms. The highest BCUT2D eigenvalue weighted by molar-refractivity contribution is 7.90. The van der Waals surface area contributed by atoms with Crippen molar-refractivity contribution < 1.29 is 8.42 Å². The summed E-state index contributed by atoms with van der Waals surface area (Å²) >= 11 is 0. The second-order valence-corrected chi connectivity index (χ2v) is 6.19. The molecule has 0 amide bonds. The molecule has 1 heterocycles. The smallest absolute Gasteiger partial charge is 0.306 e. The second-order valence-electron chi connectivity index (χ2n) is 4.01. The van der Waals surface area contributed by atoms with Crippen LogP contribution in [-0.4, -0.2) is 24.1 Å². The Morgan fingerprint density at radius 2 is 2.00 bits per heavy atom. The van der Waals surface area contributed by atoms with Gasteiger partial charge in [-0.05, 0) is 18.1 Å². The summed E-state index contributed by atoms with van der Waals surface area (Å²) in [7, 11) is -3.10. The molecule has 0 bridgehead atoms. The van der Waals surface area contributed by atoms with Crippen molar-refractivity contribution in [1.29, 1.82) is 0 Å². The number of benzene rings is 1. The molecule has 0 spiro atoms. The highest BCUT2D eigenvalue weighted by atomic mass is 32.2. The molecular formula is C11H14N2O3S. The van der Waals surface area contributed by atoms with Crippen molar-refractivity contribution in [3.63, 3.8) is 0 Å². The fraction of sp³-hybridized carbons (Fsp3) is 0.364. The maximum absolute atomic E-state index is 11.7. The van der Waals surface area contributed by atoms with Crippen molar-refractivity contribution in [2.45, 2.75) is 19.1 Å². The zero-order chi connectivity index (χ0) is 12.5. The van der Waals surface area contributed by atoms with Crippen LogP contribution >= 0.6 is 0 Å². The number of sulfone groups is 1. The Hall–Kier alpha value is -1.56. The molecule has 0 aliphatic carbocycles. The van der Waals surface area contributed by atoms with Crippen LogP contribution in [0.4, 0.5) is 0 Å². The maximum Gasteiger partial charge on any atom is 0.323 e. The van der Waals surface area contributed by atoms with Gasteiger partial charge in [-0.3, -0.25) is 0 Å². The SMILES string of the molecule is CCCS(=O)(=O)Cc1cccc2[nH]c(=O)[nH]c12. The van der Waals surface area contributed by atoms with E-state index in [0.29, 0.717) is 23.0 Å². The van der Waals surface area contributed by atoms with Gasteiger partial charge in [-0.2, -0.15) is 0 Å². The minimum atomic E-state index is -3.10. The molecule has 1 aromatic heterocycles. The lowest BCUT2D eigenvalue weighted by Crippen LogP contribution is -2.09. The molecule has 0 radical (unpaired) electrons. The number of aromatic amines is 2. The van der Waals surface area contributed by atoms with Crippen molar-refractivity contribution in [3.05, 3.63) is 34.2 Å². The molecule has 0 saturated carbocycles. The molecule has 92 valence electrons. The predicted molar refractivity (Wildman–Crippen MR) is 66.7 cm³/mol. The first-order valence-corrected chi connectivity index (χ1v) is 7.24. The van der Waals surface area contributed by atoms with Gasteiger partial charge in [-0.25, -0.2) is 13.2 Å². The van der Waals surface area contributed by atoms with Crippen LogP contribution in [0.1, 0.15) is 18.9 Å². The molecule has 0 fully saturated rings. The summed E-state index contributed by atoms with van der Waals surface area (Å²) in [6.07, 6.45) is 0.599. The van der Waals surface area contributed by atoms with E-state index >= 15 is 0 Å². The summed E-state index contributed by atoms with van der Waals surface area (Å²) in [5, 5.41) is 0. The van der Waals surface area contributed by atoms with E-state index < -0.39 is 9.84 Å². The summed E-state index contributed by atoms with van der Waals surface area (Å²) < 4.78 is 23.5. The first-order valence-electron chi connectivity index (χ1n) is 5.42. The van der Waals surface area contributed by atoms with Gasteiger partial charge >= 0.3 is 5.69 Å². The Kier molecular flexibility index (Phi) is 3.06. The molecule has 0 unspecified atom stereocenters. The number of fused-ring (bicyclic) bond motifs is 1. The number of H-pyrrole nitrogens is 2. The van der Waals surface area contributed by atoms with Gasteiger partial charge in [-0.1, -0.05) is 19.1 Å². The number of aromatic nitrogens is 2. The van der Waals surface area contributed by atoms with Crippen LogP contribution in [0.15, 0.2) is 23.0 Å². The van der Waals surface area contributed by atoms with Gasteiger partial charge in [-0.15, -0.1) is 0 Å². The summed E-state index contributed by atoms with van der Waals surface area (Å²) in [4.78, 5) is 16.4. The number of para-hydroxylation sites is 1. The van der Waals surface area contributed by atoms with E-state index in [1.54, 1.807) is 18.2 Å². The number of hydrogen-bond acceptors (Lipinski definition) is 3. The largest absolute Gasteiger partial charge is 0.323 e. The highest BCUT2D eigenvalue weighted by Gasteiger charge is 2.13. The van der Waals surface area contributed by atoms with Crippen LogP contribution in [0.5, 0.6) is 0 Å². The number of nitrogens with one attached hydrogen (secondary N) is 2. The van der Waals surface area contributed by atoms with Crippen LogP contribution < -0.4 is 5.69 Å². The van der Waals surface area contributed by atoms with Gasteiger partial charge in [0.2, 0.25) is 0 Å². The third kappa shape index (κ3) is 2.58. The average molecular weight is 254 g/mol. The van der Waals surface area contributed by atoms with Crippen molar-refractivity contribution >= 4 is 20.9 Å². The molecular weight excluding hydrogens is 240 g/mol. The number of hydrogen-bond donors (Lipinski definition) is 2. The number of imidazole rings is 1. The van der Waals surface area contributed by atoms with Crippen molar-refractivity contribution in [2.24, 2.45) is 0 Å². The van der Waals surface area contributed by atoms with Crippen LogP contribution in [0.25, 0.3) is 11.0 Å². The summed E-state index contributed by atoms with van der Waals surface area (Å²) in [5.74, 6) is 0.129. The summed E-state index contributed by atoms with van der Waals surface area (Å²) in [5.41, 5.74) is 1.53. The third-order valence-corrected chi connectivity index (χ3v) is 4.31. The average Bonchev–Trinajstić information content (AvgIpc) is 2.58. The minimum Gasteiger partial charge on any atom is -0.306 e. The second kappa shape index (κ2) is 4.37. The lowest BCUT2D eigenvalue weighted by molar-refractivity contribution is 0.594. The number of rotatable bonds is 4. The van der Waals surface area contributed by atoms with Gasteiger partial charge in [0, 0.05) is 0 Å². The predicted octanol–water partition coefficient (Wildman–Crippen LogP) is 1.18. The van der Waals surface area contributed by atoms with Gasteiger partial charge in [0.05, 0.1) is 22.5 Å². The van der Waals surface area contributed by atoms with E-state index in [0.717, 1.165) is 0 Å². The van der Waals surface area contributed by atoms with E-state index in [1.165, 1.54) is 0 Å². The molecule has 2 aromatic rings. The molecule has 1 aromatic carbocycles. The van der Waals surface area contributed by atoms with E-state index in [4.69, 9.17) is 0 Å². The van der Waals surface area contributed by atoms with Crippen molar-refractivity contribution in [3.8, 4) is 0 Å². The zero-order valence-electron chi connectivity index (χ0n) is 9.49. The molecule has 0 aliphatic heterocycles. The fourth-order valence-electron chi connectivity index (χ4n) is 1.86.